The summed E-state index contributed by atoms with van der Waals surface area (Å²) in [5, 5.41) is 1.75. The highest BCUT2D eigenvalue weighted by molar-refractivity contribution is 6.31. The summed E-state index contributed by atoms with van der Waals surface area (Å²) < 4.78 is 77.5. The lowest BCUT2D eigenvalue weighted by Crippen LogP contribution is -2.46. The number of rotatable bonds is 3. The number of alkyl halides is 6. The molecule has 0 bridgehead atoms. The zero-order valence-electron chi connectivity index (χ0n) is 9.10. The quantitative estimate of drug-likeness (QED) is 0.872. The number of ether oxygens (including phenoxy) is 1. The van der Waals surface area contributed by atoms with E-state index < -0.39 is 29.4 Å². The second-order valence-corrected chi connectivity index (χ2v) is 3.59. The maximum atomic E-state index is 12.3. The Labute approximate surface area is 107 Å². The summed E-state index contributed by atoms with van der Waals surface area (Å²) >= 11 is 5.38. The van der Waals surface area contributed by atoms with Gasteiger partial charge >= 0.3 is 12.4 Å². The fourth-order valence-electron chi connectivity index (χ4n) is 0.985. The highest BCUT2D eigenvalue weighted by Gasteiger charge is 2.59. The van der Waals surface area contributed by atoms with E-state index >= 15 is 0 Å². The van der Waals surface area contributed by atoms with Crippen LogP contribution in [0.25, 0.3) is 0 Å². The molecular weight excluding hydrogens is 304 g/mol. The first-order chi connectivity index (χ1) is 8.55. The number of aromatic nitrogens is 2. The van der Waals surface area contributed by atoms with Gasteiger partial charge in [0.15, 0.2) is 0 Å². The molecule has 1 N–H and O–H groups in total. The average Bonchev–Trinajstić information content (AvgIpc) is 2.24. The lowest BCUT2D eigenvalue weighted by Gasteiger charge is -2.23. The largest absolute Gasteiger partial charge is 0.454 e. The predicted molar refractivity (Wildman–Crippen MR) is 53.1 cm³/mol. The van der Waals surface area contributed by atoms with Crippen LogP contribution in [0.3, 0.4) is 0 Å². The zero-order chi connectivity index (χ0) is 14.8. The number of hydrogen-bond donors (Lipinski definition) is 1. The molecule has 1 aromatic rings. The zero-order valence-corrected chi connectivity index (χ0v) is 9.86. The van der Waals surface area contributed by atoms with Crippen LogP contribution in [0.4, 0.5) is 32.3 Å². The fourth-order valence-corrected chi connectivity index (χ4v) is 1.12. The van der Waals surface area contributed by atoms with Gasteiger partial charge in [0.25, 0.3) is 6.10 Å². The van der Waals surface area contributed by atoms with Crippen LogP contribution in [0.15, 0.2) is 6.20 Å². The molecule has 19 heavy (non-hydrogen) atoms. The van der Waals surface area contributed by atoms with Gasteiger partial charge in [-0.2, -0.15) is 31.3 Å². The van der Waals surface area contributed by atoms with Crippen molar-refractivity contribution in [1.29, 1.82) is 0 Å². The van der Waals surface area contributed by atoms with Crippen LogP contribution < -0.4 is 10.1 Å². The van der Waals surface area contributed by atoms with E-state index in [1.54, 1.807) is 0 Å². The van der Waals surface area contributed by atoms with E-state index in [4.69, 9.17) is 11.6 Å². The molecular formula is C8H6ClF6N3O. The van der Waals surface area contributed by atoms with Gasteiger partial charge in [0.2, 0.25) is 11.8 Å². The molecule has 1 aromatic heterocycles. The van der Waals surface area contributed by atoms with Gasteiger partial charge in [-0.15, -0.1) is 0 Å². The van der Waals surface area contributed by atoms with Crippen molar-refractivity contribution < 1.29 is 31.1 Å². The molecule has 11 heteroatoms. The summed E-state index contributed by atoms with van der Waals surface area (Å²) in [4.78, 5) is 6.77. The van der Waals surface area contributed by atoms with Crippen LogP contribution in [-0.2, 0) is 0 Å². The summed E-state index contributed by atoms with van der Waals surface area (Å²) in [5.74, 6) is -1.25. The fraction of sp³-hybridized carbons (Fsp3) is 0.500. The summed E-state index contributed by atoms with van der Waals surface area (Å²) in [7, 11) is 1.32. The highest BCUT2D eigenvalue weighted by Crippen LogP contribution is 2.37. The minimum atomic E-state index is -5.65. The Morgan fingerprint density at radius 2 is 1.74 bits per heavy atom. The molecule has 0 radical (unpaired) electrons. The second-order valence-electron chi connectivity index (χ2n) is 3.18. The van der Waals surface area contributed by atoms with Crippen LogP contribution >= 0.6 is 11.6 Å². The summed E-state index contributed by atoms with van der Waals surface area (Å²) in [6.07, 6.45) is -14.5. The van der Waals surface area contributed by atoms with Crippen molar-refractivity contribution in [2.45, 2.75) is 18.5 Å². The van der Waals surface area contributed by atoms with E-state index in [1.807, 2.05) is 0 Å². The van der Waals surface area contributed by atoms with Gasteiger partial charge < -0.3 is 10.1 Å². The van der Waals surface area contributed by atoms with Gasteiger partial charge in [0.1, 0.15) is 5.02 Å². The maximum absolute atomic E-state index is 12.3. The van der Waals surface area contributed by atoms with Crippen LogP contribution in [0.2, 0.25) is 5.02 Å². The second kappa shape index (κ2) is 5.27. The minimum Gasteiger partial charge on any atom is -0.454 e. The molecule has 108 valence electrons. The molecule has 0 aliphatic carbocycles. The van der Waals surface area contributed by atoms with E-state index in [9.17, 15) is 26.3 Å². The third-order valence-electron chi connectivity index (χ3n) is 1.76. The Morgan fingerprint density at radius 1 is 1.21 bits per heavy atom. The summed E-state index contributed by atoms with van der Waals surface area (Å²) in [6.45, 7) is 0. The standard InChI is InChI=1S/C8H6ClF6N3O/c1-16-6-17-2-3(9)4(18-6)19-5(7(10,11)12)8(13,14)15/h2,5H,1H3,(H,16,17,18). The van der Waals surface area contributed by atoms with Crippen LogP contribution in [0, 0.1) is 0 Å². The van der Waals surface area contributed by atoms with Crippen molar-refractivity contribution in [2.24, 2.45) is 0 Å². The van der Waals surface area contributed by atoms with Crippen molar-refractivity contribution >= 4 is 17.5 Å². The Hall–Kier alpha value is -1.45. The van der Waals surface area contributed by atoms with Gasteiger partial charge in [0, 0.05) is 7.05 Å². The van der Waals surface area contributed by atoms with Gasteiger partial charge in [-0.3, -0.25) is 0 Å². The number of halogens is 7. The number of hydrogen-bond acceptors (Lipinski definition) is 4. The number of anilines is 1. The highest BCUT2D eigenvalue weighted by atomic mass is 35.5. The Balaban J connectivity index is 3.10. The van der Waals surface area contributed by atoms with Crippen molar-refractivity contribution in [3.05, 3.63) is 11.2 Å². The number of nitrogens with one attached hydrogen (secondary N) is 1. The lowest BCUT2D eigenvalue weighted by molar-refractivity contribution is -0.300. The number of nitrogens with zero attached hydrogens (tertiary/aromatic N) is 2. The first kappa shape index (κ1) is 15.6. The molecule has 0 spiro atoms. The smallest absolute Gasteiger partial charge is 0.434 e. The molecule has 0 aromatic carbocycles. The maximum Gasteiger partial charge on any atom is 0.434 e. The molecule has 0 fully saturated rings. The third-order valence-corrected chi connectivity index (χ3v) is 2.02. The molecule has 0 atom stereocenters. The molecule has 0 amide bonds. The van der Waals surface area contributed by atoms with Crippen molar-refractivity contribution in [2.75, 3.05) is 12.4 Å². The Kier molecular flexibility index (Phi) is 4.33. The molecule has 1 heterocycles. The van der Waals surface area contributed by atoms with Gasteiger partial charge in [-0.25, -0.2) is 4.98 Å². The van der Waals surface area contributed by atoms with Gasteiger partial charge in [0.05, 0.1) is 6.20 Å². The molecule has 0 saturated heterocycles. The predicted octanol–water partition coefficient (Wildman–Crippen LogP) is 3.04. The molecule has 4 nitrogen and oxygen atoms in total. The van der Waals surface area contributed by atoms with Crippen LogP contribution in [-0.4, -0.2) is 35.5 Å². The van der Waals surface area contributed by atoms with E-state index in [1.165, 1.54) is 7.05 Å². The van der Waals surface area contributed by atoms with Crippen molar-refractivity contribution in [3.8, 4) is 5.88 Å². The molecule has 1 rings (SSSR count). The van der Waals surface area contributed by atoms with Gasteiger partial charge in [-0.05, 0) is 0 Å². The van der Waals surface area contributed by atoms with E-state index in [-0.39, 0.29) is 5.95 Å². The monoisotopic (exact) mass is 309 g/mol. The van der Waals surface area contributed by atoms with E-state index in [0.29, 0.717) is 0 Å². The van der Waals surface area contributed by atoms with Crippen LogP contribution in [0.1, 0.15) is 0 Å². The Morgan fingerprint density at radius 3 is 2.16 bits per heavy atom. The SMILES string of the molecule is CNc1ncc(Cl)c(OC(C(F)(F)F)C(F)(F)F)n1. The lowest BCUT2D eigenvalue weighted by atomic mass is 10.3. The minimum absolute atomic E-state index is 0.234. The normalized spacial score (nSPS) is 12.7. The van der Waals surface area contributed by atoms with E-state index in [0.717, 1.165) is 6.20 Å². The van der Waals surface area contributed by atoms with Crippen LogP contribution in [0.5, 0.6) is 5.88 Å². The first-order valence-corrected chi connectivity index (χ1v) is 4.94. The topological polar surface area (TPSA) is 47.0 Å². The third kappa shape index (κ3) is 4.01. The molecule has 0 aliphatic rings. The molecule has 0 unspecified atom stereocenters. The van der Waals surface area contributed by atoms with Crippen molar-refractivity contribution in [1.82, 2.24) is 9.97 Å². The summed E-state index contributed by atoms with van der Waals surface area (Å²) in [5.41, 5.74) is 0. The molecule has 0 saturated carbocycles. The van der Waals surface area contributed by atoms with Gasteiger partial charge in [-0.1, -0.05) is 11.6 Å². The van der Waals surface area contributed by atoms with E-state index in [2.05, 4.69) is 20.0 Å². The first-order valence-electron chi connectivity index (χ1n) is 4.56. The average molecular weight is 310 g/mol. The Bertz CT molecular complexity index is 435. The molecule has 0 aliphatic heterocycles. The van der Waals surface area contributed by atoms with Crippen molar-refractivity contribution in [3.63, 3.8) is 0 Å². The summed E-state index contributed by atoms with van der Waals surface area (Å²) in [6, 6.07) is 0.